The number of carbonyl (C=O) groups excluding carboxylic acids is 2. The van der Waals surface area contributed by atoms with E-state index in [9.17, 15) is 9.59 Å². The summed E-state index contributed by atoms with van der Waals surface area (Å²) in [6, 6.07) is 6.69. The number of amides is 2. The zero-order chi connectivity index (χ0) is 15.4. The third kappa shape index (κ3) is 3.19. The molecule has 0 bridgehead atoms. The van der Waals surface area contributed by atoms with Crippen LogP contribution in [0.25, 0.3) is 0 Å². The minimum atomic E-state index is -0.692. The van der Waals surface area contributed by atoms with E-state index in [1.165, 1.54) is 11.8 Å². The van der Waals surface area contributed by atoms with Gasteiger partial charge in [-0.3, -0.25) is 14.3 Å². The SMILES string of the molecule is CCn1cc(NC(=O)c2cccc(OC)c2)c(C(N)=O)n1. The first-order chi connectivity index (χ1) is 10.0. The molecule has 7 heteroatoms. The number of aromatic nitrogens is 2. The number of benzene rings is 1. The van der Waals surface area contributed by atoms with Gasteiger partial charge < -0.3 is 15.8 Å². The first kappa shape index (κ1) is 14.6. The monoisotopic (exact) mass is 288 g/mol. The first-order valence-electron chi connectivity index (χ1n) is 6.37. The lowest BCUT2D eigenvalue weighted by Crippen LogP contribution is -2.18. The molecule has 110 valence electrons. The molecule has 1 aromatic heterocycles. The quantitative estimate of drug-likeness (QED) is 0.865. The molecule has 1 heterocycles. The standard InChI is InChI=1S/C14H16N4O3/c1-3-18-8-11(12(17-18)13(15)19)16-14(20)9-5-4-6-10(7-9)21-2/h4-8H,3H2,1-2H3,(H2,15,19)(H,16,20). The summed E-state index contributed by atoms with van der Waals surface area (Å²) in [6.45, 7) is 2.43. The van der Waals surface area contributed by atoms with Crippen molar-refractivity contribution >= 4 is 17.5 Å². The van der Waals surface area contributed by atoms with E-state index in [-0.39, 0.29) is 17.3 Å². The molecule has 2 amide bonds. The fourth-order valence-electron chi connectivity index (χ4n) is 1.82. The Hall–Kier alpha value is -2.83. The van der Waals surface area contributed by atoms with E-state index in [0.29, 0.717) is 17.9 Å². The molecule has 3 N–H and O–H groups in total. The third-order valence-electron chi connectivity index (χ3n) is 2.90. The Bertz CT molecular complexity index is 679. The molecule has 0 unspecified atom stereocenters. The maximum atomic E-state index is 12.2. The molecule has 0 fully saturated rings. The normalized spacial score (nSPS) is 10.2. The summed E-state index contributed by atoms with van der Waals surface area (Å²) in [5.41, 5.74) is 5.99. The van der Waals surface area contributed by atoms with E-state index in [4.69, 9.17) is 10.5 Å². The Balaban J connectivity index is 2.26. The van der Waals surface area contributed by atoms with Crippen LogP contribution in [0.5, 0.6) is 5.75 Å². The average molecular weight is 288 g/mol. The third-order valence-corrected chi connectivity index (χ3v) is 2.90. The van der Waals surface area contributed by atoms with Crippen LogP contribution in [-0.2, 0) is 6.54 Å². The van der Waals surface area contributed by atoms with Crippen LogP contribution in [0.2, 0.25) is 0 Å². The lowest BCUT2D eigenvalue weighted by molar-refractivity contribution is 0.0995. The fourth-order valence-corrected chi connectivity index (χ4v) is 1.82. The summed E-state index contributed by atoms with van der Waals surface area (Å²) in [6.07, 6.45) is 1.57. The van der Waals surface area contributed by atoms with Crippen LogP contribution in [0, 0.1) is 0 Å². The topological polar surface area (TPSA) is 99.2 Å². The number of ether oxygens (including phenoxy) is 1. The van der Waals surface area contributed by atoms with Gasteiger partial charge in [0, 0.05) is 18.3 Å². The van der Waals surface area contributed by atoms with E-state index in [2.05, 4.69) is 10.4 Å². The molecule has 0 radical (unpaired) electrons. The Labute approximate surface area is 121 Å². The molecule has 2 aromatic rings. The number of aryl methyl sites for hydroxylation is 1. The van der Waals surface area contributed by atoms with Crippen LogP contribution in [0.4, 0.5) is 5.69 Å². The summed E-state index contributed by atoms with van der Waals surface area (Å²) in [5.74, 6) is -0.489. The lowest BCUT2D eigenvalue weighted by Gasteiger charge is -2.05. The first-order valence-corrected chi connectivity index (χ1v) is 6.37. The number of hydrogen-bond acceptors (Lipinski definition) is 4. The molecule has 0 saturated heterocycles. The molecule has 7 nitrogen and oxygen atoms in total. The molecule has 2 rings (SSSR count). The maximum Gasteiger partial charge on any atom is 0.271 e. The van der Waals surface area contributed by atoms with Gasteiger partial charge in [-0.25, -0.2) is 0 Å². The van der Waals surface area contributed by atoms with Crippen molar-refractivity contribution in [2.75, 3.05) is 12.4 Å². The Morgan fingerprint density at radius 1 is 1.43 bits per heavy atom. The van der Waals surface area contributed by atoms with Crippen molar-refractivity contribution in [3.8, 4) is 5.75 Å². The smallest absolute Gasteiger partial charge is 0.271 e. The molecule has 0 atom stereocenters. The average Bonchev–Trinajstić information content (AvgIpc) is 2.90. The van der Waals surface area contributed by atoms with Gasteiger partial charge in [0.2, 0.25) is 0 Å². The molecule has 0 aliphatic heterocycles. The van der Waals surface area contributed by atoms with Gasteiger partial charge >= 0.3 is 0 Å². The molecule has 0 saturated carbocycles. The Morgan fingerprint density at radius 2 is 2.19 bits per heavy atom. The van der Waals surface area contributed by atoms with Crippen molar-refractivity contribution in [3.63, 3.8) is 0 Å². The molecule has 0 spiro atoms. The Morgan fingerprint density at radius 3 is 2.81 bits per heavy atom. The fraction of sp³-hybridized carbons (Fsp3) is 0.214. The van der Waals surface area contributed by atoms with Gasteiger partial charge in [0.15, 0.2) is 5.69 Å². The summed E-state index contributed by atoms with van der Waals surface area (Å²) >= 11 is 0. The number of primary amides is 1. The lowest BCUT2D eigenvalue weighted by atomic mass is 10.2. The second-order valence-corrected chi connectivity index (χ2v) is 4.30. The Kier molecular flexibility index (Phi) is 4.22. The summed E-state index contributed by atoms with van der Waals surface area (Å²) in [7, 11) is 1.52. The highest BCUT2D eigenvalue weighted by atomic mass is 16.5. The maximum absolute atomic E-state index is 12.2. The molecule has 0 aliphatic rings. The van der Waals surface area contributed by atoms with Crippen LogP contribution in [0.3, 0.4) is 0 Å². The molecule has 0 aliphatic carbocycles. The zero-order valence-corrected chi connectivity index (χ0v) is 11.8. The number of hydrogen-bond donors (Lipinski definition) is 2. The number of nitrogens with one attached hydrogen (secondary N) is 1. The van der Waals surface area contributed by atoms with Crippen molar-refractivity contribution in [1.82, 2.24) is 9.78 Å². The highest BCUT2D eigenvalue weighted by molar-refractivity contribution is 6.08. The number of nitrogens with zero attached hydrogens (tertiary/aromatic N) is 2. The van der Waals surface area contributed by atoms with E-state index in [1.54, 1.807) is 30.5 Å². The van der Waals surface area contributed by atoms with Gasteiger partial charge in [-0.15, -0.1) is 0 Å². The highest BCUT2D eigenvalue weighted by Crippen LogP contribution is 2.17. The van der Waals surface area contributed by atoms with Crippen molar-refractivity contribution in [1.29, 1.82) is 0 Å². The number of nitrogens with two attached hydrogens (primary N) is 1. The van der Waals surface area contributed by atoms with E-state index < -0.39 is 5.91 Å². The van der Waals surface area contributed by atoms with Gasteiger partial charge in [0.25, 0.3) is 11.8 Å². The molecule has 21 heavy (non-hydrogen) atoms. The van der Waals surface area contributed by atoms with Crippen LogP contribution < -0.4 is 15.8 Å². The van der Waals surface area contributed by atoms with Gasteiger partial charge in [0.05, 0.1) is 12.8 Å². The number of carbonyl (C=O) groups is 2. The van der Waals surface area contributed by atoms with Crippen LogP contribution in [0.15, 0.2) is 30.5 Å². The van der Waals surface area contributed by atoms with E-state index in [1.807, 2.05) is 6.92 Å². The number of rotatable bonds is 5. The van der Waals surface area contributed by atoms with Gasteiger partial charge in [0.1, 0.15) is 5.75 Å². The molecule has 1 aromatic carbocycles. The zero-order valence-electron chi connectivity index (χ0n) is 11.8. The largest absolute Gasteiger partial charge is 0.497 e. The number of methoxy groups -OCH3 is 1. The van der Waals surface area contributed by atoms with Crippen LogP contribution in [0.1, 0.15) is 27.8 Å². The van der Waals surface area contributed by atoms with Crippen LogP contribution >= 0.6 is 0 Å². The van der Waals surface area contributed by atoms with E-state index >= 15 is 0 Å². The molecular weight excluding hydrogens is 272 g/mol. The van der Waals surface area contributed by atoms with Crippen molar-refractivity contribution in [2.24, 2.45) is 5.73 Å². The second kappa shape index (κ2) is 6.08. The summed E-state index contributed by atoms with van der Waals surface area (Å²) < 4.78 is 6.60. The van der Waals surface area contributed by atoms with Crippen molar-refractivity contribution < 1.29 is 14.3 Å². The molecular formula is C14H16N4O3. The van der Waals surface area contributed by atoms with Gasteiger partial charge in [-0.2, -0.15) is 5.10 Å². The second-order valence-electron chi connectivity index (χ2n) is 4.30. The minimum Gasteiger partial charge on any atom is -0.497 e. The van der Waals surface area contributed by atoms with Gasteiger partial charge in [-0.05, 0) is 25.1 Å². The van der Waals surface area contributed by atoms with Crippen molar-refractivity contribution in [2.45, 2.75) is 13.5 Å². The highest BCUT2D eigenvalue weighted by Gasteiger charge is 2.17. The van der Waals surface area contributed by atoms with Crippen LogP contribution in [-0.4, -0.2) is 28.7 Å². The number of anilines is 1. The predicted octanol–water partition coefficient (Wildman–Crippen LogP) is 1.26. The van der Waals surface area contributed by atoms with Gasteiger partial charge in [-0.1, -0.05) is 6.07 Å². The summed E-state index contributed by atoms with van der Waals surface area (Å²) in [5, 5.41) is 6.65. The van der Waals surface area contributed by atoms with Crippen molar-refractivity contribution in [3.05, 3.63) is 41.7 Å². The summed E-state index contributed by atoms with van der Waals surface area (Å²) in [4.78, 5) is 23.5. The minimum absolute atomic E-state index is 0.0353. The predicted molar refractivity (Wildman–Crippen MR) is 77.4 cm³/mol. The van der Waals surface area contributed by atoms with E-state index in [0.717, 1.165) is 0 Å².